The van der Waals surface area contributed by atoms with Gasteiger partial charge in [-0.1, -0.05) is 6.92 Å². The molecule has 1 heterocycles. The molecule has 0 aliphatic carbocycles. The number of aliphatic carboxylic acids is 1. The first-order chi connectivity index (χ1) is 10.4. The molecule has 1 aromatic rings. The molecule has 0 fully saturated rings. The van der Waals surface area contributed by atoms with Gasteiger partial charge in [-0.25, -0.2) is 8.42 Å². The molecule has 0 unspecified atom stereocenters. The van der Waals surface area contributed by atoms with Crippen LogP contribution in [-0.2, 0) is 14.8 Å². The lowest BCUT2D eigenvalue weighted by atomic mass is 10.2. The van der Waals surface area contributed by atoms with E-state index >= 15 is 0 Å². The van der Waals surface area contributed by atoms with E-state index in [1.165, 1.54) is 10.4 Å². The van der Waals surface area contributed by atoms with Gasteiger partial charge in [-0.3, -0.25) is 4.79 Å². The summed E-state index contributed by atoms with van der Waals surface area (Å²) in [6.07, 6.45) is -0.221. The van der Waals surface area contributed by atoms with E-state index in [4.69, 9.17) is 9.84 Å². The van der Waals surface area contributed by atoms with Crippen LogP contribution >= 0.6 is 0 Å². The molecule has 0 spiro atoms. The Morgan fingerprint density at radius 1 is 1.45 bits per heavy atom. The van der Waals surface area contributed by atoms with E-state index < -0.39 is 16.0 Å². The number of nitrogens with zero attached hydrogens (tertiary/aromatic N) is 2. The molecule has 0 amide bonds. The highest BCUT2D eigenvalue weighted by Gasteiger charge is 2.26. The van der Waals surface area contributed by atoms with E-state index in [0.717, 1.165) is 5.69 Å². The zero-order chi connectivity index (χ0) is 16.3. The van der Waals surface area contributed by atoms with Crippen LogP contribution in [-0.4, -0.2) is 57.1 Å². The van der Waals surface area contributed by atoms with Crippen LogP contribution in [0.15, 0.2) is 23.1 Å². The Kier molecular flexibility index (Phi) is 4.92. The minimum atomic E-state index is -3.72. The monoisotopic (exact) mass is 328 g/mol. The third-order valence-electron chi connectivity index (χ3n) is 3.59. The van der Waals surface area contributed by atoms with E-state index in [1.54, 1.807) is 19.1 Å². The average molecular weight is 328 g/mol. The Labute approximate surface area is 130 Å². The van der Waals surface area contributed by atoms with Crippen molar-refractivity contribution in [3.63, 3.8) is 0 Å². The Balaban J connectivity index is 2.32. The van der Waals surface area contributed by atoms with Crippen LogP contribution in [0, 0.1) is 0 Å². The molecule has 122 valence electrons. The maximum atomic E-state index is 12.6. The second-order valence-corrected chi connectivity index (χ2v) is 6.98. The van der Waals surface area contributed by atoms with Crippen LogP contribution in [0.1, 0.15) is 13.3 Å². The fraction of sp³-hybridized carbons (Fsp3) is 0.500. The van der Waals surface area contributed by atoms with Crippen LogP contribution < -0.4 is 9.64 Å². The molecular weight excluding hydrogens is 308 g/mol. The SMILES string of the molecule is CCN(CCC(=O)O)S(=O)(=O)c1ccc2c(c1)N(C)CCO2. The average Bonchev–Trinajstić information content (AvgIpc) is 2.47. The van der Waals surface area contributed by atoms with E-state index in [-0.39, 0.29) is 24.4 Å². The van der Waals surface area contributed by atoms with Gasteiger partial charge in [-0.05, 0) is 18.2 Å². The van der Waals surface area contributed by atoms with Crippen molar-refractivity contribution < 1.29 is 23.1 Å². The molecule has 1 aromatic carbocycles. The third-order valence-corrected chi connectivity index (χ3v) is 5.56. The molecule has 0 radical (unpaired) electrons. The molecule has 2 rings (SSSR count). The molecule has 7 nitrogen and oxygen atoms in total. The lowest BCUT2D eigenvalue weighted by Gasteiger charge is -2.28. The van der Waals surface area contributed by atoms with Crippen molar-refractivity contribution in [2.45, 2.75) is 18.2 Å². The number of benzene rings is 1. The Morgan fingerprint density at radius 2 is 2.18 bits per heavy atom. The molecule has 22 heavy (non-hydrogen) atoms. The summed E-state index contributed by atoms with van der Waals surface area (Å²) in [6, 6.07) is 4.72. The molecule has 1 aliphatic heterocycles. The maximum Gasteiger partial charge on any atom is 0.304 e. The van der Waals surface area contributed by atoms with Gasteiger partial charge in [0, 0.05) is 20.1 Å². The number of fused-ring (bicyclic) bond motifs is 1. The highest BCUT2D eigenvalue weighted by molar-refractivity contribution is 7.89. The number of carboxylic acids is 1. The second kappa shape index (κ2) is 6.53. The van der Waals surface area contributed by atoms with Crippen LogP contribution in [0.2, 0.25) is 0 Å². The van der Waals surface area contributed by atoms with Gasteiger partial charge in [0.05, 0.1) is 23.5 Å². The lowest BCUT2D eigenvalue weighted by Crippen LogP contribution is -2.33. The number of carboxylic acid groups (broad SMARTS) is 1. The number of likely N-dealkylation sites (N-methyl/N-ethyl adjacent to an activating group) is 1. The Hall–Kier alpha value is -1.80. The van der Waals surface area contributed by atoms with Crippen molar-refractivity contribution in [2.75, 3.05) is 38.2 Å². The molecule has 0 saturated carbocycles. The number of hydrogen-bond donors (Lipinski definition) is 1. The van der Waals surface area contributed by atoms with E-state index in [0.29, 0.717) is 18.9 Å². The van der Waals surface area contributed by atoms with Crippen molar-refractivity contribution in [1.82, 2.24) is 4.31 Å². The van der Waals surface area contributed by atoms with Crippen molar-refractivity contribution in [3.05, 3.63) is 18.2 Å². The summed E-state index contributed by atoms with van der Waals surface area (Å²) in [4.78, 5) is 12.8. The molecular formula is C14H20N2O5S. The van der Waals surface area contributed by atoms with Gasteiger partial charge in [0.1, 0.15) is 12.4 Å². The van der Waals surface area contributed by atoms with E-state index in [9.17, 15) is 13.2 Å². The summed E-state index contributed by atoms with van der Waals surface area (Å²) in [7, 11) is -1.84. The molecule has 0 saturated heterocycles. The highest BCUT2D eigenvalue weighted by atomic mass is 32.2. The number of hydrogen-bond acceptors (Lipinski definition) is 5. The fourth-order valence-corrected chi connectivity index (χ4v) is 3.78. The van der Waals surface area contributed by atoms with Crippen molar-refractivity contribution in [2.24, 2.45) is 0 Å². The fourth-order valence-electron chi connectivity index (χ4n) is 2.31. The maximum absolute atomic E-state index is 12.6. The molecule has 0 bridgehead atoms. The quantitative estimate of drug-likeness (QED) is 0.838. The van der Waals surface area contributed by atoms with Gasteiger partial charge in [-0.15, -0.1) is 0 Å². The van der Waals surface area contributed by atoms with Gasteiger partial charge >= 0.3 is 5.97 Å². The van der Waals surface area contributed by atoms with Gasteiger partial charge in [0.25, 0.3) is 0 Å². The van der Waals surface area contributed by atoms with Crippen LogP contribution in [0.25, 0.3) is 0 Å². The zero-order valence-corrected chi connectivity index (χ0v) is 13.5. The van der Waals surface area contributed by atoms with Gasteiger partial charge in [-0.2, -0.15) is 4.31 Å². The number of carbonyl (C=O) groups is 1. The smallest absolute Gasteiger partial charge is 0.304 e. The first kappa shape index (κ1) is 16.6. The molecule has 1 aliphatic rings. The Morgan fingerprint density at radius 3 is 2.82 bits per heavy atom. The van der Waals surface area contributed by atoms with E-state index in [1.807, 2.05) is 11.9 Å². The summed E-state index contributed by atoms with van der Waals surface area (Å²) in [5.74, 6) is -0.367. The van der Waals surface area contributed by atoms with Gasteiger partial charge in [0.15, 0.2) is 0 Å². The first-order valence-electron chi connectivity index (χ1n) is 7.06. The van der Waals surface area contributed by atoms with Gasteiger partial charge < -0.3 is 14.7 Å². The lowest BCUT2D eigenvalue weighted by molar-refractivity contribution is -0.137. The van der Waals surface area contributed by atoms with Crippen LogP contribution in [0.4, 0.5) is 5.69 Å². The number of ether oxygens (including phenoxy) is 1. The van der Waals surface area contributed by atoms with Crippen molar-refractivity contribution in [1.29, 1.82) is 0 Å². The zero-order valence-electron chi connectivity index (χ0n) is 12.7. The summed E-state index contributed by atoms with van der Waals surface area (Å²) in [5.41, 5.74) is 0.724. The predicted molar refractivity (Wildman–Crippen MR) is 81.9 cm³/mol. The van der Waals surface area contributed by atoms with Crippen molar-refractivity contribution >= 4 is 21.7 Å². The minimum Gasteiger partial charge on any atom is -0.490 e. The third kappa shape index (κ3) is 3.33. The minimum absolute atomic E-state index is 0.0441. The van der Waals surface area contributed by atoms with Crippen molar-refractivity contribution in [3.8, 4) is 5.75 Å². The topological polar surface area (TPSA) is 87.2 Å². The van der Waals surface area contributed by atoms with Crippen LogP contribution in [0.3, 0.4) is 0 Å². The number of sulfonamides is 1. The molecule has 0 aromatic heterocycles. The normalized spacial score (nSPS) is 14.6. The number of rotatable bonds is 6. The van der Waals surface area contributed by atoms with Gasteiger partial charge in [0.2, 0.25) is 10.0 Å². The summed E-state index contributed by atoms with van der Waals surface area (Å²) in [6.45, 7) is 3.12. The van der Waals surface area contributed by atoms with Crippen LogP contribution in [0.5, 0.6) is 5.75 Å². The predicted octanol–water partition coefficient (Wildman–Crippen LogP) is 1.00. The summed E-state index contributed by atoms with van der Waals surface area (Å²) >= 11 is 0. The molecule has 0 atom stereocenters. The highest BCUT2D eigenvalue weighted by Crippen LogP contribution is 2.33. The second-order valence-electron chi connectivity index (χ2n) is 5.04. The largest absolute Gasteiger partial charge is 0.490 e. The summed E-state index contributed by atoms with van der Waals surface area (Å²) < 4.78 is 32.0. The Bertz CT molecular complexity index is 659. The standard InChI is InChI=1S/C14H20N2O5S/c1-3-16(7-6-14(17)18)22(19,20)11-4-5-13-12(10-11)15(2)8-9-21-13/h4-5,10H,3,6-9H2,1-2H3,(H,17,18). The molecule has 8 heteroatoms. The van der Waals surface area contributed by atoms with E-state index in [2.05, 4.69) is 0 Å². The summed E-state index contributed by atoms with van der Waals surface area (Å²) in [5, 5.41) is 8.74. The molecule has 1 N–H and O–H groups in total. The number of anilines is 1. The first-order valence-corrected chi connectivity index (χ1v) is 8.50.